The highest BCUT2D eigenvalue weighted by atomic mass is 19.4. The summed E-state index contributed by atoms with van der Waals surface area (Å²) in [4.78, 5) is 12.6. The van der Waals surface area contributed by atoms with Crippen molar-refractivity contribution in [2.24, 2.45) is 0 Å². The Balaban J connectivity index is 2.10. The Labute approximate surface area is 120 Å². The molecule has 2 unspecified atom stereocenters. The summed E-state index contributed by atoms with van der Waals surface area (Å²) >= 11 is 0. The lowest BCUT2D eigenvalue weighted by atomic mass is 10.0. The van der Waals surface area contributed by atoms with E-state index in [2.05, 4.69) is 5.32 Å². The summed E-state index contributed by atoms with van der Waals surface area (Å²) < 4.78 is 38.2. The van der Waals surface area contributed by atoms with Gasteiger partial charge in [0, 0.05) is 25.3 Å². The molecule has 0 spiro atoms. The second kappa shape index (κ2) is 5.93. The van der Waals surface area contributed by atoms with E-state index in [0.29, 0.717) is 17.8 Å². The number of alkyl halides is 3. The van der Waals surface area contributed by atoms with Crippen LogP contribution < -0.4 is 10.2 Å². The van der Waals surface area contributed by atoms with E-state index < -0.39 is 24.1 Å². The van der Waals surface area contributed by atoms with Crippen molar-refractivity contribution >= 4 is 11.7 Å². The van der Waals surface area contributed by atoms with Gasteiger partial charge in [-0.15, -0.1) is 0 Å². The first-order valence-corrected chi connectivity index (χ1v) is 6.67. The van der Waals surface area contributed by atoms with Gasteiger partial charge in [-0.25, -0.2) is 0 Å². The zero-order valence-electron chi connectivity index (χ0n) is 11.5. The third-order valence-corrected chi connectivity index (χ3v) is 3.70. The number of hydrogen-bond acceptors (Lipinski definition) is 3. The maximum atomic E-state index is 12.7. The molecule has 1 fully saturated rings. The van der Waals surface area contributed by atoms with Gasteiger partial charge in [-0.2, -0.15) is 13.2 Å². The van der Waals surface area contributed by atoms with Gasteiger partial charge in [-0.1, -0.05) is 12.1 Å². The maximum absolute atomic E-state index is 12.7. The fourth-order valence-corrected chi connectivity index (χ4v) is 2.32. The van der Waals surface area contributed by atoms with Crippen LogP contribution in [0.5, 0.6) is 0 Å². The first-order valence-electron chi connectivity index (χ1n) is 6.67. The van der Waals surface area contributed by atoms with E-state index in [0.717, 1.165) is 0 Å². The van der Waals surface area contributed by atoms with Gasteiger partial charge in [-0.3, -0.25) is 4.79 Å². The number of benzene rings is 1. The van der Waals surface area contributed by atoms with E-state index >= 15 is 0 Å². The van der Waals surface area contributed by atoms with Crippen LogP contribution in [0.25, 0.3) is 0 Å². The lowest BCUT2D eigenvalue weighted by Crippen LogP contribution is -2.57. The van der Waals surface area contributed by atoms with Crippen LogP contribution in [0.4, 0.5) is 18.9 Å². The molecule has 1 heterocycles. The van der Waals surface area contributed by atoms with Gasteiger partial charge in [0.25, 0.3) is 0 Å². The van der Waals surface area contributed by atoms with Crippen molar-refractivity contribution in [2.45, 2.75) is 25.1 Å². The van der Waals surface area contributed by atoms with Crippen LogP contribution in [0.15, 0.2) is 24.3 Å². The number of carboxylic acids is 1. The summed E-state index contributed by atoms with van der Waals surface area (Å²) in [5.41, 5.74) is 1.31. The standard InChI is InChI=1S/C14H17F3N2O2/c1-9(13(20)21)10-2-4-11(5-3-10)19-7-6-18-12(8-19)14(15,16)17/h2-5,9,12,18H,6-8H2,1H3,(H,20,21). The summed E-state index contributed by atoms with van der Waals surface area (Å²) in [6.45, 7) is 2.18. The number of aliphatic carboxylic acids is 1. The molecule has 4 nitrogen and oxygen atoms in total. The summed E-state index contributed by atoms with van der Waals surface area (Å²) in [5.74, 6) is -1.56. The molecule has 2 atom stereocenters. The normalized spacial score (nSPS) is 21.1. The quantitative estimate of drug-likeness (QED) is 0.899. The number of nitrogens with one attached hydrogen (secondary N) is 1. The Morgan fingerprint density at radius 2 is 2.00 bits per heavy atom. The van der Waals surface area contributed by atoms with E-state index in [-0.39, 0.29) is 13.1 Å². The third-order valence-electron chi connectivity index (χ3n) is 3.70. The lowest BCUT2D eigenvalue weighted by Gasteiger charge is -2.36. The fourth-order valence-electron chi connectivity index (χ4n) is 2.32. The molecular formula is C14H17F3N2O2. The van der Waals surface area contributed by atoms with Crippen LogP contribution in [0.2, 0.25) is 0 Å². The second-order valence-corrected chi connectivity index (χ2v) is 5.15. The molecule has 1 aromatic carbocycles. The SMILES string of the molecule is CC(C(=O)O)c1ccc(N2CCNC(C(F)(F)F)C2)cc1. The van der Waals surface area contributed by atoms with Gasteiger partial charge in [0.15, 0.2) is 0 Å². The van der Waals surface area contributed by atoms with Crippen molar-refractivity contribution in [3.63, 3.8) is 0 Å². The average Bonchev–Trinajstić information content (AvgIpc) is 2.46. The molecule has 1 aromatic rings. The minimum Gasteiger partial charge on any atom is -0.481 e. The Kier molecular flexibility index (Phi) is 4.41. The highest BCUT2D eigenvalue weighted by Gasteiger charge is 2.41. The first-order chi connectivity index (χ1) is 9.79. The van der Waals surface area contributed by atoms with Crippen molar-refractivity contribution < 1.29 is 23.1 Å². The zero-order valence-corrected chi connectivity index (χ0v) is 11.5. The van der Waals surface area contributed by atoms with E-state index in [1.807, 2.05) is 0 Å². The summed E-state index contributed by atoms with van der Waals surface area (Å²) in [6.07, 6.45) is -4.27. The van der Waals surface area contributed by atoms with E-state index in [1.165, 1.54) is 0 Å². The van der Waals surface area contributed by atoms with Crippen LogP contribution in [-0.2, 0) is 4.79 Å². The van der Waals surface area contributed by atoms with Gasteiger partial charge in [0.05, 0.1) is 5.92 Å². The number of carboxylic acid groups (broad SMARTS) is 1. The molecular weight excluding hydrogens is 285 g/mol. The average molecular weight is 302 g/mol. The number of carbonyl (C=O) groups is 1. The lowest BCUT2D eigenvalue weighted by molar-refractivity contribution is -0.155. The van der Waals surface area contributed by atoms with Crippen LogP contribution >= 0.6 is 0 Å². The number of anilines is 1. The number of rotatable bonds is 3. The van der Waals surface area contributed by atoms with Gasteiger partial charge < -0.3 is 15.3 Å². The van der Waals surface area contributed by atoms with Crippen molar-refractivity contribution in [1.82, 2.24) is 5.32 Å². The molecule has 1 aliphatic rings. The second-order valence-electron chi connectivity index (χ2n) is 5.15. The summed E-state index contributed by atoms with van der Waals surface area (Å²) in [7, 11) is 0. The summed E-state index contributed by atoms with van der Waals surface area (Å²) in [6, 6.07) is 5.11. The van der Waals surface area contributed by atoms with Crippen LogP contribution in [-0.4, -0.2) is 42.9 Å². The van der Waals surface area contributed by atoms with Gasteiger partial charge >= 0.3 is 12.1 Å². The fraction of sp³-hybridized carbons (Fsp3) is 0.500. The van der Waals surface area contributed by atoms with E-state index in [1.54, 1.807) is 36.1 Å². The zero-order chi connectivity index (χ0) is 15.6. The third kappa shape index (κ3) is 3.66. The molecule has 0 saturated carbocycles. The molecule has 0 aromatic heterocycles. The summed E-state index contributed by atoms with van der Waals surface area (Å²) in [5, 5.41) is 11.4. The topological polar surface area (TPSA) is 52.6 Å². The van der Waals surface area contributed by atoms with Gasteiger partial charge in [-0.05, 0) is 24.6 Å². The minimum absolute atomic E-state index is 0.142. The number of nitrogens with zero attached hydrogens (tertiary/aromatic N) is 1. The molecule has 0 aliphatic carbocycles. The van der Waals surface area contributed by atoms with E-state index in [4.69, 9.17) is 5.11 Å². The van der Waals surface area contributed by atoms with Crippen molar-refractivity contribution in [3.05, 3.63) is 29.8 Å². The molecule has 116 valence electrons. The van der Waals surface area contributed by atoms with E-state index in [9.17, 15) is 18.0 Å². The Hall–Kier alpha value is -1.76. The van der Waals surface area contributed by atoms with Crippen LogP contribution in [0.1, 0.15) is 18.4 Å². The molecule has 2 N–H and O–H groups in total. The molecule has 1 aliphatic heterocycles. The Morgan fingerprint density at radius 1 is 1.38 bits per heavy atom. The van der Waals surface area contributed by atoms with Crippen LogP contribution in [0.3, 0.4) is 0 Å². The van der Waals surface area contributed by atoms with Gasteiger partial charge in [0.2, 0.25) is 0 Å². The van der Waals surface area contributed by atoms with Crippen LogP contribution in [0, 0.1) is 0 Å². The molecule has 1 saturated heterocycles. The highest BCUT2D eigenvalue weighted by molar-refractivity contribution is 5.75. The van der Waals surface area contributed by atoms with Crippen molar-refractivity contribution in [2.75, 3.05) is 24.5 Å². The predicted molar refractivity (Wildman–Crippen MR) is 72.6 cm³/mol. The van der Waals surface area contributed by atoms with Crippen molar-refractivity contribution in [1.29, 1.82) is 0 Å². The number of hydrogen-bond donors (Lipinski definition) is 2. The maximum Gasteiger partial charge on any atom is 0.405 e. The Bertz CT molecular complexity index is 502. The highest BCUT2D eigenvalue weighted by Crippen LogP contribution is 2.26. The minimum atomic E-state index is -4.27. The number of halogens is 3. The molecule has 0 radical (unpaired) electrons. The molecule has 7 heteroatoms. The number of piperazine rings is 1. The van der Waals surface area contributed by atoms with Crippen molar-refractivity contribution in [3.8, 4) is 0 Å². The monoisotopic (exact) mass is 302 g/mol. The molecule has 2 rings (SSSR count). The smallest absolute Gasteiger partial charge is 0.405 e. The molecule has 0 amide bonds. The Morgan fingerprint density at radius 3 is 2.52 bits per heavy atom. The van der Waals surface area contributed by atoms with Gasteiger partial charge in [0.1, 0.15) is 6.04 Å². The molecule has 21 heavy (non-hydrogen) atoms. The molecule has 0 bridgehead atoms. The first kappa shape index (κ1) is 15.6. The predicted octanol–water partition coefficient (Wildman–Crippen LogP) is 2.22. The largest absolute Gasteiger partial charge is 0.481 e.